The highest BCUT2D eigenvalue weighted by Gasteiger charge is 2.54. The van der Waals surface area contributed by atoms with Crippen molar-refractivity contribution in [3.63, 3.8) is 0 Å². The topological polar surface area (TPSA) is 66.8 Å². The minimum atomic E-state index is -1.02. The lowest BCUT2D eigenvalue weighted by Gasteiger charge is -2.20. The Balaban J connectivity index is 2.14. The van der Waals surface area contributed by atoms with Crippen LogP contribution in [-0.2, 0) is 0 Å². The summed E-state index contributed by atoms with van der Waals surface area (Å²) >= 11 is 0. The van der Waals surface area contributed by atoms with E-state index in [1.807, 2.05) is 6.07 Å². The van der Waals surface area contributed by atoms with Crippen molar-refractivity contribution >= 4 is 13.1 Å². The van der Waals surface area contributed by atoms with Gasteiger partial charge in [-0.05, 0) is 24.0 Å². The smallest absolute Gasteiger partial charge is 0.526 e. The molecule has 3 rings (SSSR count). The molecule has 4 nitrogen and oxygen atoms in total. The molecule has 2 aliphatic rings. The Morgan fingerprint density at radius 2 is 2.33 bits per heavy atom. The Hall–Kier alpha value is -1.49. The first-order valence-electron chi connectivity index (χ1n) is 4.89. The second-order valence-electron chi connectivity index (χ2n) is 4.04. The highest BCUT2D eigenvalue weighted by Crippen LogP contribution is 2.60. The molecule has 15 heavy (non-hydrogen) atoms. The SMILES string of the molecule is O=C(O)c1cccc2c1OB(O)[C@H]1C[C@@H]21. The Bertz CT molecular complexity index is 445. The van der Waals surface area contributed by atoms with Gasteiger partial charge in [-0.15, -0.1) is 0 Å². The minimum Gasteiger partial charge on any atom is -0.535 e. The van der Waals surface area contributed by atoms with E-state index in [0.29, 0.717) is 5.75 Å². The van der Waals surface area contributed by atoms with E-state index in [1.54, 1.807) is 6.07 Å². The van der Waals surface area contributed by atoms with Crippen molar-refractivity contribution in [1.82, 2.24) is 0 Å². The summed E-state index contributed by atoms with van der Waals surface area (Å²) in [7, 11) is -0.844. The lowest BCUT2D eigenvalue weighted by molar-refractivity contribution is 0.0694. The van der Waals surface area contributed by atoms with Crippen LogP contribution >= 0.6 is 0 Å². The summed E-state index contributed by atoms with van der Waals surface area (Å²) in [4.78, 5) is 10.9. The molecule has 0 saturated heterocycles. The Kier molecular flexibility index (Phi) is 1.62. The van der Waals surface area contributed by atoms with Crippen LogP contribution in [0.5, 0.6) is 5.75 Å². The molecular weight excluding hydrogens is 195 g/mol. The maximum absolute atomic E-state index is 10.9. The first kappa shape index (κ1) is 8.79. The van der Waals surface area contributed by atoms with E-state index in [2.05, 4.69) is 0 Å². The lowest BCUT2D eigenvalue weighted by atomic mass is 9.77. The van der Waals surface area contributed by atoms with Crippen LogP contribution in [-0.4, -0.2) is 23.2 Å². The van der Waals surface area contributed by atoms with Gasteiger partial charge in [-0.25, -0.2) is 4.79 Å². The molecule has 1 aliphatic heterocycles. The van der Waals surface area contributed by atoms with Crippen LogP contribution in [0.2, 0.25) is 5.82 Å². The fourth-order valence-electron chi connectivity index (χ4n) is 2.24. The van der Waals surface area contributed by atoms with Gasteiger partial charge in [0, 0.05) is 5.82 Å². The molecule has 0 bridgehead atoms. The summed E-state index contributed by atoms with van der Waals surface area (Å²) in [6, 6.07) is 5.09. The monoisotopic (exact) mass is 204 g/mol. The summed E-state index contributed by atoms with van der Waals surface area (Å²) in [5.74, 6) is -0.237. The second kappa shape index (κ2) is 2.76. The van der Waals surface area contributed by atoms with Crippen LogP contribution in [0.3, 0.4) is 0 Å². The minimum absolute atomic E-state index is 0.136. The normalized spacial score (nSPS) is 26.3. The number of aromatic carboxylic acids is 1. The largest absolute Gasteiger partial charge is 0.535 e. The van der Waals surface area contributed by atoms with E-state index >= 15 is 0 Å². The zero-order valence-corrected chi connectivity index (χ0v) is 7.88. The summed E-state index contributed by atoms with van der Waals surface area (Å²) in [6.07, 6.45) is 0.886. The lowest BCUT2D eigenvalue weighted by Crippen LogP contribution is -2.27. The summed E-state index contributed by atoms with van der Waals surface area (Å²) in [6.45, 7) is 0. The number of carbonyl (C=O) groups is 1. The third kappa shape index (κ3) is 1.16. The molecule has 0 spiro atoms. The van der Waals surface area contributed by atoms with Crippen LogP contribution in [0.4, 0.5) is 0 Å². The van der Waals surface area contributed by atoms with Gasteiger partial charge in [-0.2, -0.15) is 0 Å². The van der Waals surface area contributed by atoms with Crippen LogP contribution < -0.4 is 4.65 Å². The predicted octanol–water partition coefficient (Wildman–Crippen LogP) is 1.12. The number of rotatable bonds is 1. The molecular formula is C10H9BO4. The van der Waals surface area contributed by atoms with E-state index in [4.69, 9.17) is 9.76 Å². The van der Waals surface area contributed by atoms with Crippen LogP contribution in [0, 0.1) is 0 Å². The zero-order valence-electron chi connectivity index (χ0n) is 7.88. The van der Waals surface area contributed by atoms with Crippen molar-refractivity contribution in [1.29, 1.82) is 0 Å². The number of benzene rings is 1. The fourth-order valence-corrected chi connectivity index (χ4v) is 2.24. The molecule has 1 aromatic carbocycles. The summed E-state index contributed by atoms with van der Waals surface area (Å²) < 4.78 is 5.25. The number of hydrogen-bond acceptors (Lipinski definition) is 3. The fraction of sp³-hybridized carbons (Fsp3) is 0.300. The summed E-state index contributed by atoms with van der Waals surface area (Å²) in [5, 5.41) is 18.5. The van der Waals surface area contributed by atoms with Gasteiger partial charge in [0.25, 0.3) is 0 Å². The third-order valence-electron chi connectivity index (χ3n) is 3.12. The number of para-hydroxylation sites is 1. The van der Waals surface area contributed by atoms with E-state index in [1.165, 1.54) is 6.07 Å². The molecule has 1 heterocycles. The molecule has 2 N–H and O–H groups in total. The van der Waals surface area contributed by atoms with Gasteiger partial charge < -0.3 is 14.8 Å². The van der Waals surface area contributed by atoms with Crippen molar-refractivity contribution in [3.05, 3.63) is 29.3 Å². The third-order valence-corrected chi connectivity index (χ3v) is 3.12. The van der Waals surface area contributed by atoms with Crippen LogP contribution in [0.15, 0.2) is 18.2 Å². The molecule has 0 radical (unpaired) electrons. The summed E-state index contributed by atoms with van der Waals surface area (Å²) in [5.41, 5.74) is 1.06. The van der Waals surface area contributed by atoms with Crippen molar-refractivity contribution in [2.45, 2.75) is 18.2 Å². The molecule has 1 aromatic rings. The number of carboxylic acids is 1. The zero-order chi connectivity index (χ0) is 10.6. The highest BCUT2D eigenvalue weighted by molar-refractivity contribution is 6.48. The molecule has 1 fully saturated rings. The van der Waals surface area contributed by atoms with E-state index in [9.17, 15) is 9.82 Å². The van der Waals surface area contributed by atoms with Crippen LogP contribution in [0.25, 0.3) is 0 Å². The maximum Gasteiger partial charge on any atom is 0.526 e. The van der Waals surface area contributed by atoms with Gasteiger partial charge in [0.05, 0.1) is 5.56 Å². The molecule has 0 amide bonds. The standard InChI is InChI=1S/C10H9BO4/c12-10(13)6-3-1-2-5-7-4-8(7)11(14)15-9(5)6/h1-3,7-8,14H,4H2,(H,12,13)/t7-,8-/m0/s1. The van der Waals surface area contributed by atoms with Crippen LogP contribution in [0.1, 0.15) is 28.3 Å². The van der Waals surface area contributed by atoms with Gasteiger partial charge in [0.2, 0.25) is 0 Å². The van der Waals surface area contributed by atoms with E-state index in [0.717, 1.165) is 12.0 Å². The first-order chi connectivity index (χ1) is 7.18. The molecule has 0 unspecified atom stereocenters. The molecule has 0 aromatic heterocycles. The van der Waals surface area contributed by atoms with Gasteiger partial charge in [-0.1, -0.05) is 12.1 Å². The number of fused-ring (bicyclic) bond motifs is 3. The van der Waals surface area contributed by atoms with E-state index in [-0.39, 0.29) is 17.3 Å². The molecule has 5 heteroatoms. The molecule has 2 atom stereocenters. The Morgan fingerprint density at radius 1 is 1.53 bits per heavy atom. The van der Waals surface area contributed by atoms with E-state index < -0.39 is 13.1 Å². The first-order valence-corrected chi connectivity index (χ1v) is 4.89. The van der Waals surface area contributed by atoms with Crippen molar-refractivity contribution in [2.75, 3.05) is 0 Å². The Labute approximate surface area is 86.6 Å². The van der Waals surface area contributed by atoms with Gasteiger partial charge in [0.15, 0.2) is 0 Å². The molecule has 1 aliphatic carbocycles. The average Bonchev–Trinajstić information content (AvgIpc) is 2.97. The highest BCUT2D eigenvalue weighted by atomic mass is 16.5. The average molecular weight is 204 g/mol. The number of carboxylic acid groups (broad SMARTS) is 1. The quantitative estimate of drug-likeness (QED) is 0.672. The van der Waals surface area contributed by atoms with Gasteiger partial charge in [-0.3, -0.25) is 0 Å². The van der Waals surface area contributed by atoms with Gasteiger partial charge >= 0.3 is 13.1 Å². The second-order valence-corrected chi connectivity index (χ2v) is 4.04. The Morgan fingerprint density at radius 3 is 3.07 bits per heavy atom. The number of hydrogen-bond donors (Lipinski definition) is 2. The van der Waals surface area contributed by atoms with Crippen molar-refractivity contribution in [3.8, 4) is 5.75 Å². The van der Waals surface area contributed by atoms with Crippen molar-refractivity contribution in [2.24, 2.45) is 0 Å². The van der Waals surface area contributed by atoms with Gasteiger partial charge in [0.1, 0.15) is 5.75 Å². The maximum atomic E-state index is 10.9. The predicted molar refractivity (Wildman–Crippen MR) is 53.1 cm³/mol. The molecule has 1 saturated carbocycles. The van der Waals surface area contributed by atoms with Crippen molar-refractivity contribution < 1.29 is 19.6 Å². The molecule has 76 valence electrons.